The summed E-state index contributed by atoms with van der Waals surface area (Å²) in [6.07, 6.45) is 15.8. The van der Waals surface area contributed by atoms with Gasteiger partial charge in [0.05, 0.1) is 0 Å². The lowest BCUT2D eigenvalue weighted by Crippen LogP contribution is -2.53. The summed E-state index contributed by atoms with van der Waals surface area (Å²) >= 11 is 0. The molecule has 29 heavy (non-hydrogen) atoms. The molecular formula is C26H40N2O. The number of rotatable bonds is 2. The highest BCUT2D eigenvalue weighted by Crippen LogP contribution is 2.80. The topological polar surface area (TPSA) is 23.6 Å². The Balaban J connectivity index is 1.28. The Kier molecular flexibility index (Phi) is 3.84. The van der Waals surface area contributed by atoms with Gasteiger partial charge in [0.15, 0.2) is 0 Å². The van der Waals surface area contributed by atoms with E-state index < -0.39 is 0 Å². The fraction of sp³-hybridized carbons (Fsp3) is 0.885. The molecular weight excluding hydrogens is 356 g/mol. The summed E-state index contributed by atoms with van der Waals surface area (Å²) in [5.41, 5.74) is 3.51. The third-order valence-electron chi connectivity index (χ3n) is 11.5. The van der Waals surface area contributed by atoms with E-state index in [9.17, 15) is 4.79 Å². The van der Waals surface area contributed by atoms with Crippen LogP contribution in [0, 0.1) is 34.0 Å². The summed E-state index contributed by atoms with van der Waals surface area (Å²) in [7, 11) is 4.45. The number of fused-ring (bicyclic) bond motifs is 4. The second-order valence-corrected chi connectivity index (χ2v) is 12.0. The van der Waals surface area contributed by atoms with E-state index in [-0.39, 0.29) is 0 Å². The van der Waals surface area contributed by atoms with E-state index in [4.69, 9.17) is 0 Å². The molecule has 5 aliphatic carbocycles. The zero-order valence-corrected chi connectivity index (χ0v) is 19.0. The van der Waals surface area contributed by atoms with Crippen molar-refractivity contribution in [1.29, 1.82) is 0 Å². The predicted molar refractivity (Wildman–Crippen MR) is 116 cm³/mol. The second kappa shape index (κ2) is 5.90. The van der Waals surface area contributed by atoms with E-state index in [0.717, 1.165) is 35.6 Å². The number of allylic oxidation sites excluding steroid dienone is 1. The maximum Gasteiger partial charge on any atom is 0.222 e. The molecule has 6 rings (SSSR count). The highest BCUT2D eigenvalue weighted by atomic mass is 16.2. The zero-order valence-electron chi connectivity index (χ0n) is 19.0. The van der Waals surface area contributed by atoms with E-state index in [0.29, 0.717) is 29.2 Å². The Morgan fingerprint density at radius 2 is 1.93 bits per heavy atom. The lowest BCUT2D eigenvalue weighted by atomic mass is 9.46. The van der Waals surface area contributed by atoms with Crippen molar-refractivity contribution >= 4 is 5.91 Å². The highest BCUT2D eigenvalue weighted by Gasteiger charge is 2.78. The molecule has 8 atom stereocenters. The van der Waals surface area contributed by atoms with Gasteiger partial charge < -0.3 is 9.80 Å². The average molecular weight is 397 g/mol. The summed E-state index contributed by atoms with van der Waals surface area (Å²) in [6, 6.07) is 1.36. The minimum Gasteiger partial charge on any atom is -0.342 e. The molecule has 1 unspecified atom stereocenters. The minimum atomic E-state index is 0.313. The van der Waals surface area contributed by atoms with E-state index in [2.05, 4.69) is 29.8 Å². The summed E-state index contributed by atoms with van der Waals surface area (Å²) in [6.45, 7) is 6.00. The van der Waals surface area contributed by atoms with Gasteiger partial charge in [-0.2, -0.15) is 0 Å². The number of piperidine rings is 1. The van der Waals surface area contributed by atoms with Crippen molar-refractivity contribution in [3.63, 3.8) is 0 Å². The summed E-state index contributed by atoms with van der Waals surface area (Å²) in [5.74, 6) is 3.11. The molecule has 4 saturated carbocycles. The quantitative estimate of drug-likeness (QED) is 0.622. The molecule has 1 saturated heterocycles. The number of hydrogen-bond acceptors (Lipinski definition) is 2. The average Bonchev–Trinajstić information content (AvgIpc) is 3.30. The fourth-order valence-electron chi connectivity index (χ4n) is 9.99. The Bertz CT molecular complexity index is 775. The molecule has 6 aliphatic rings. The molecule has 0 radical (unpaired) electrons. The zero-order chi connectivity index (χ0) is 20.2. The van der Waals surface area contributed by atoms with Crippen LogP contribution in [0.4, 0.5) is 0 Å². The maximum absolute atomic E-state index is 12.3. The first-order valence-corrected chi connectivity index (χ1v) is 12.5. The fourth-order valence-corrected chi connectivity index (χ4v) is 9.99. The van der Waals surface area contributed by atoms with E-state index in [1.807, 2.05) is 14.0 Å². The monoisotopic (exact) mass is 396 g/mol. The first-order chi connectivity index (χ1) is 13.9. The largest absolute Gasteiger partial charge is 0.342 e. The first-order valence-electron chi connectivity index (χ1n) is 12.5. The van der Waals surface area contributed by atoms with Crippen LogP contribution in [0.25, 0.3) is 0 Å². The van der Waals surface area contributed by atoms with Crippen LogP contribution in [-0.4, -0.2) is 48.4 Å². The number of likely N-dealkylation sites (tertiary alicyclic amines) is 1. The van der Waals surface area contributed by atoms with Gasteiger partial charge in [0.2, 0.25) is 5.91 Å². The molecule has 0 aromatic carbocycles. The predicted octanol–water partition coefficient (Wildman–Crippen LogP) is 4.87. The van der Waals surface area contributed by atoms with Gasteiger partial charge >= 0.3 is 0 Å². The number of amides is 1. The van der Waals surface area contributed by atoms with Crippen molar-refractivity contribution in [3.8, 4) is 0 Å². The highest BCUT2D eigenvalue weighted by molar-refractivity contribution is 5.75. The number of carbonyl (C=O) groups is 1. The van der Waals surface area contributed by atoms with Gasteiger partial charge in [-0.15, -0.1) is 0 Å². The van der Waals surface area contributed by atoms with Gasteiger partial charge in [-0.25, -0.2) is 0 Å². The molecule has 0 N–H and O–H groups in total. The van der Waals surface area contributed by atoms with Gasteiger partial charge in [0.1, 0.15) is 0 Å². The molecule has 1 aliphatic heterocycles. The first kappa shape index (κ1) is 18.9. The number of hydrogen-bond donors (Lipinski definition) is 0. The van der Waals surface area contributed by atoms with Crippen LogP contribution in [0.2, 0.25) is 0 Å². The van der Waals surface area contributed by atoms with Crippen molar-refractivity contribution in [2.24, 2.45) is 34.0 Å². The van der Waals surface area contributed by atoms with Crippen molar-refractivity contribution in [1.82, 2.24) is 9.80 Å². The molecule has 3 nitrogen and oxygen atoms in total. The standard InChI is InChI=1S/C26H40N2O/c1-5-23(29)28(4)18-8-11-24(2)17(14-18)6-7-19-20(24)9-13-26-16-27(3)22-15-25(22,26)12-10-21(19)26/h6,18-22H,5,7-16H2,1-4H3/t18-,19+,20?,21-,22-,24-,25-,26+/m0/s1. The molecule has 2 spiro atoms. The van der Waals surface area contributed by atoms with Gasteiger partial charge in [-0.05, 0) is 98.8 Å². The molecule has 5 fully saturated rings. The lowest BCUT2D eigenvalue weighted by Gasteiger charge is -2.59. The Morgan fingerprint density at radius 3 is 2.69 bits per heavy atom. The van der Waals surface area contributed by atoms with Crippen molar-refractivity contribution in [2.45, 2.75) is 90.1 Å². The van der Waals surface area contributed by atoms with E-state index >= 15 is 0 Å². The Hall–Kier alpha value is -0.830. The van der Waals surface area contributed by atoms with Crippen LogP contribution < -0.4 is 0 Å². The molecule has 0 aromatic heterocycles. The van der Waals surface area contributed by atoms with Gasteiger partial charge in [0.25, 0.3) is 0 Å². The van der Waals surface area contributed by atoms with E-state index in [1.54, 1.807) is 5.57 Å². The van der Waals surface area contributed by atoms with Crippen LogP contribution >= 0.6 is 0 Å². The molecule has 3 heteroatoms. The Morgan fingerprint density at radius 1 is 1.17 bits per heavy atom. The lowest BCUT2D eigenvalue weighted by molar-refractivity contribution is -0.132. The molecule has 0 bridgehead atoms. The number of carbonyl (C=O) groups excluding carboxylic acids is 1. The molecule has 0 aromatic rings. The Labute approximate surface area is 177 Å². The van der Waals surface area contributed by atoms with Gasteiger partial charge in [-0.1, -0.05) is 25.5 Å². The van der Waals surface area contributed by atoms with Gasteiger partial charge in [0, 0.05) is 32.1 Å². The summed E-state index contributed by atoms with van der Waals surface area (Å²) in [4.78, 5) is 17.1. The smallest absolute Gasteiger partial charge is 0.222 e. The van der Waals surface area contributed by atoms with Crippen LogP contribution in [-0.2, 0) is 4.79 Å². The molecule has 160 valence electrons. The molecule has 1 heterocycles. The molecule has 1 amide bonds. The summed E-state index contributed by atoms with van der Waals surface area (Å²) in [5, 5.41) is 0. The SMILES string of the molecule is CCC(=O)N(C)[C@H]1CC[C@@]2(C)C(=CC[C@@H]3C2CC[C@]24CN(C)[C@H]5C[C@@]52CC[C@@H]34)C1. The van der Waals surface area contributed by atoms with E-state index in [1.165, 1.54) is 57.9 Å². The van der Waals surface area contributed by atoms with Crippen molar-refractivity contribution < 1.29 is 4.79 Å². The summed E-state index contributed by atoms with van der Waals surface area (Å²) < 4.78 is 0. The van der Waals surface area contributed by atoms with Crippen LogP contribution in [0.15, 0.2) is 11.6 Å². The number of nitrogens with zero attached hydrogens (tertiary/aromatic N) is 2. The third-order valence-corrected chi connectivity index (χ3v) is 11.5. The van der Waals surface area contributed by atoms with Crippen LogP contribution in [0.3, 0.4) is 0 Å². The van der Waals surface area contributed by atoms with Crippen molar-refractivity contribution in [2.75, 3.05) is 20.6 Å². The maximum atomic E-state index is 12.3. The van der Waals surface area contributed by atoms with Crippen LogP contribution in [0.1, 0.15) is 78.1 Å². The van der Waals surface area contributed by atoms with Crippen molar-refractivity contribution in [3.05, 3.63) is 11.6 Å². The normalized spacial score (nSPS) is 52.6. The third kappa shape index (κ3) is 2.16. The minimum absolute atomic E-state index is 0.313. The second-order valence-electron chi connectivity index (χ2n) is 12.0. The van der Waals surface area contributed by atoms with Crippen LogP contribution in [0.5, 0.6) is 0 Å². The van der Waals surface area contributed by atoms with Gasteiger partial charge in [-0.3, -0.25) is 4.79 Å².